The Balaban J connectivity index is 1.78. The van der Waals surface area contributed by atoms with Crippen LogP contribution in [-0.4, -0.2) is 14.8 Å². The summed E-state index contributed by atoms with van der Waals surface area (Å²) in [6, 6.07) is 13.4. The third-order valence-electron chi connectivity index (χ3n) is 4.92. The summed E-state index contributed by atoms with van der Waals surface area (Å²) in [5.74, 6) is -0.935. The summed E-state index contributed by atoms with van der Waals surface area (Å²) < 4.78 is 30.1. The fraction of sp³-hybridized carbons (Fsp3) is 0.143. The molecular formula is C21H15F2N3. The van der Waals surface area contributed by atoms with E-state index in [1.54, 1.807) is 6.20 Å². The molecule has 0 aliphatic carbocycles. The molecule has 1 aliphatic heterocycles. The van der Waals surface area contributed by atoms with Crippen molar-refractivity contribution in [2.75, 3.05) is 0 Å². The number of hydrogen-bond acceptors (Lipinski definition) is 2. The Labute approximate surface area is 148 Å². The molecule has 0 unspecified atom stereocenters. The first-order valence-electron chi connectivity index (χ1n) is 8.61. The highest BCUT2D eigenvalue weighted by Crippen LogP contribution is 2.39. The molecule has 3 heterocycles. The number of halogens is 2. The maximum Gasteiger partial charge on any atom is 0.132 e. The molecule has 5 heteroatoms. The normalized spacial score (nSPS) is 13.3. The average Bonchev–Trinajstić information content (AvgIpc) is 3.24. The van der Waals surface area contributed by atoms with Gasteiger partial charge in [-0.2, -0.15) is 5.10 Å². The molecule has 4 aromatic rings. The molecule has 2 aromatic carbocycles. The molecule has 0 saturated carbocycles. The van der Waals surface area contributed by atoms with E-state index >= 15 is 0 Å². The van der Waals surface area contributed by atoms with E-state index in [1.807, 2.05) is 35.0 Å². The van der Waals surface area contributed by atoms with Crippen LogP contribution < -0.4 is 0 Å². The van der Waals surface area contributed by atoms with E-state index in [-0.39, 0.29) is 5.56 Å². The number of fused-ring (bicyclic) bond motifs is 2. The van der Waals surface area contributed by atoms with Crippen molar-refractivity contribution < 1.29 is 8.78 Å². The molecule has 1 aliphatic rings. The summed E-state index contributed by atoms with van der Waals surface area (Å²) in [6.07, 6.45) is 3.65. The molecule has 3 nitrogen and oxygen atoms in total. The van der Waals surface area contributed by atoms with Gasteiger partial charge >= 0.3 is 0 Å². The van der Waals surface area contributed by atoms with Gasteiger partial charge < -0.3 is 0 Å². The molecule has 128 valence electrons. The topological polar surface area (TPSA) is 30.7 Å². The van der Waals surface area contributed by atoms with E-state index in [2.05, 4.69) is 10.1 Å². The highest BCUT2D eigenvalue weighted by Gasteiger charge is 2.25. The second-order valence-electron chi connectivity index (χ2n) is 6.53. The van der Waals surface area contributed by atoms with Gasteiger partial charge in [0, 0.05) is 34.9 Å². The number of nitrogens with zero attached hydrogens (tertiary/aromatic N) is 3. The van der Waals surface area contributed by atoms with Gasteiger partial charge in [-0.1, -0.05) is 12.1 Å². The largest absolute Gasteiger partial charge is 0.268 e. The molecule has 0 amide bonds. The minimum atomic E-state index is -0.469. The number of rotatable bonds is 2. The minimum Gasteiger partial charge on any atom is -0.268 e. The Bertz CT molecular complexity index is 1150. The summed E-state index contributed by atoms with van der Waals surface area (Å²) in [5, 5.41) is 5.62. The summed E-state index contributed by atoms with van der Waals surface area (Å²) in [6.45, 7) is 0.800. The number of benzene rings is 2. The first-order chi connectivity index (χ1) is 12.7. The second kappa shape index (κ2) is 5.73. The van der Waals surface area contributed by atoms with Crippen LogP contribution in [0.3, 0.4) is 0 Å². The fourth-order valence-corrected chi connectivity index (χ4v) is 3.73. The first-order valence-corrected chi connectivity index (χ1v) is 8.61. The summed E-state index contributed by atoms with van der Waals surface area (Å²) in [7, 11) is 0. The van der Waals surface area contributed by atoms with E-state index in [1.165, 1.54) is 6.07 Å². The maximum absolute atomic E-state index is 14.4. The Kier molecular flexibility index (Phi) is 3.35. The van der Waals surface area contributed by atoms with Crippen LogP contribution >= 0.6 is 0 Å². The van der Waals surface area contributed by atoms with Gasteiger partial charge in [0.15, 0.2) is 0 Å². The number of aryl methyl sites for hydroxylation is 1. The molecule has 0 saturated heterocycles. The van der Waals surface area contributed by atoms with Crippen molar-refractivity contribution in [2.45, 2.75) is 19.4 Å². The van der Waals surface area contributed by atoms with Gasteiger partial charge in [-0.15, -0.1) is 0 Å². The maximum atomic E-state index is 14.4. The van der Waals surface area contributed by atoms with Crippen LogP contribution in [0.5, 0.6) is 0 Å². The van der Waals surface area contributed by atoms with Crippen molar-refractivity contribution in [1.82, 2.24) is 14.8 Å². The van der Waals surface area contributed by atoms with Crippen molar-refractivity contribution >= 4 is 10.9 Å². The molecule has 5 rings (SSSR count). The van der Waals surface area contributed by atoms with E-state index < -0.39 is 11.6 Å². The third kappa shape index (κ3) is 2.31. The highest BCUT2D eigenvalue weighted by molar-refractivity contribution is 5.89. The molecular weight excluding hydrogens is 332 g/mol. The molecule has 0 bridgehead atoms. The standard InChI is InChI=1S/C21H15F2N3/c22-15-6-7-17(23)16(12-15)21-20(19-4-2-10-26(19)25-21)14-5-8-18-13(11-14)3-1-9-24-18/h1,3,5-9,11-12H,2,4,10H2. The van der Waals surface area contributed by atoms with Gasteiger partial charge in [0.25, 0.3) is 0 Å². The van der Waals surface area contributed by atoms with Crippen molar-refractivity contribution in [2.24, 2.45) is 0 Å². The highest BCUT2D eigenvalue weighted by atomic mass is 19.1. The van der Waals surface area contributed by atoms with Gasteiger partial charge in [0.2, 0.25) is 0 Å². The lowest BCUT2D eigenvalue weighted by molar-refractivity contribution is 0.601. The van der Waals surface area contributed by atoms with Crippen molar-refractivity contribution in [1.29, 1.82) is 0 Å². The number of pyridine rings is 1. The Morgan fingerprint density at radius 1 is 1.00 bits per heavy atom. The van der Waals surface area contributed by atoms with Gasteiger partial charge in [-0.25, -0.2) is 8.78 Å². The van der Waals surface area contributed by atoms with Gasteiger partial charge in [0.05, 0.1) is 5.52 Å². The quantitative estimate of drug-likeness (QED) is 0.511. The van der Waals surface area contributed by atoms with Crippen LogP contribution in [0.25, 0.3) is 33.3 Å². The second-order valence-corrected chi connectivity index (χ2v) is 6.53. The minimum absolute atomic E-state index is 0.202. The third-order valence-corrected chi connectivity index (χ3v) is 4.92. The van der Waals surface area contributed by atoms with Crippen molar-refractivity contribution in [3.8, 4) is 22.4 Å². The summed E-state index contributed by atoms with van der Waals surface area (Å²) >= 11 is 0. The Morgan fingerprint density at radius 3 is 2.85 bits per heavy atom. The van der Waals surface area contributed by atoms with E-state index in [0.717, 1.165) is 59.2 Å². The first kappa shape index (κ1) is 15.2. The van der Waals surface area contributed by atoms with Crippen LogP contribution in [0.15, 0.2) is 54.7 Å². The monoisotopic (exact) mass is 347 g/mol. The molecule has 0 fully saturated rings. The van der Waals surface area contributed by atoms with E-state index in [9.17, 15) is 8.78 Å². The summed E-state index contributed by atoms with van der Waals surface area (Å²) in [4.78, 5) is 4.35. The number of hydrogen-bond donors (Lipinski definition) is 0. The van der Waals surface area contributed by atoms with Crippen LogP contribution in [0.2, 0.25) is 0 Å². The summed E-state index contributed by atoms with van der Waals surface area (Å²) in [5.41, 5.74) is 4.52. The van der Waals surface area contributed by atoms with Crippen LogP contribution in [0.1, 0.15) is 12.1 Å². The molecule has 0 atom stereocenters. The SMILES string of the molecule is Fc1ccc(F)c(-c2nn3c(c2-c2ccc4ncccc4c2)CCC3)c1. The predicted molar refractivity (Wildman–Crippen MR) is 96.6 cm³/mol. The average molecular weight is 347 g/mol. The van der Waals surface area contributed by atoms with Gasteiger partial charge in [-0.3, -0.25) is 9.67 Å². The molecule has 0 spiro atoms. The lowest BCUT2D eigenvalue weighted by atomic mass is 9.96. The number of aromatic nitrogens is 3. The predicted octanol–water partition coefficient (Wildman–Crippen LogP) is 4.99. The van der Waals surface area contributed by atoms with E-state index in [0.29, 0.717) is 5.69 Å². The molecule has 0 radical (unpaired) electrons. The smallest absolute Gasteiger partial charge is 0.132 e. The van der Waals surface area contributed by atoms with Gasteiger partial charge in [0.1, 0.15) is 17.3 Å². The lowest BCUT2D eigenvalue weighted by Gasteiger charge is -2.08. The zero-order chi connectivity index (χ0) is 17.7. The van der Waals surface area contributed by atoms with Crippen LogP contribution in [0.4, 0.5) is 8.78 Å². The fourth-order valence-electron chi connectivity index (χ4n) is 3.73. The lowest BCUT2D eigenvalue weighted by Crippen LogP contribution is -1.95. The van der Waals surface area contributed by atoms with Crippen LogP contribution in [0, 0.1) is 11.6 Å². The zero-order valence-corrected chi connectivity index (χ0v) is 13.9. The van der Waals surface area contributed by atoms with Crippen LogP contribution in [-0.2, 0) is 13.0 Å². The zero-order valence-electron chi connectivity index (χ0n) is 13.9. The van der Waals surface area contributed by atoms with Crippen molar-refractivity contribution in [3.05, 3.63) is 72.1 Å². The molecule has 26 heavy (non-hydrogen) atoms. The molecule has 2 aromatic heterocycles. The Morgan fingerprint density at radius 2 is 1.92 bits per heavy atom. The van der Waals surface area contributed by atoms with E-state index in [4.69, 9.17) is 0 Å². The van der Waals surface area contributed by atoms with Gasteiger partial charge in [-0.05, 0) is 54.8 Å². The molecule has 0 N–H and O–H groups in total. The van der Waals surface area contributed by atoms with Crippen molar-refractivity contribution in [3.63, 3.8) is 0 Å². The Hall–Kier alpha value is -3.08.